The SMILES string of the molecule is COc1ccc2c(O[C@@H]3C[C@H]4C(=O)N[C@]5(C(=O)NS(=O)(=O)C6(C)CC6)C[C@H]5C=CCCCCC[C@H](NC(=O)c5ccn(C)n5)C(=O)N4C3)cc(OC(C)C)nc2c1C. The number of amides is 4. The zero-order chi connectivity index (χ0) is 41.6. The molecule has 5 atom stereocenters. The van der Waals surface area contributed by atoms with Crippen LogP contribution < -0.4 is 29.6 Å². The smallest absolute Gasteiger partial charge is 0.272 e. The first-order valence-electron chi connectivity index (χ1n) is 20.0. The molecule has 2 saturated carbocycles. The minimum atomic E-state index is -4.01. The van der Waals surface area contributed by atoms with Crippen molar-refractivity contribution in [3.8, 4) is 17.4 Å². The number of nitrogens with one attached hydrogen (secondary N) is 3. The fourth-order valence-corrected chi connectivity index (χ4v) is 9.18. The monoisotopic (exact) mass is 819 g/mol. The number of hydrogen-bond donors (Lipinski definition) is 3. The molecule has 58 heavy (non-hydrogen) atoms. The minimum absolute atomic E-state index is 0.0263. The maximum Gasteiger partial charge on any atom is 0.272 e. The highest BCUT2D eigenvalue weighted by Gasteiger charge is 2.63. The number of benzene rings is 1. The van der Waals surface area contributed by atoms with Crippen molar-refractivity contribution >= 4 is 44.6 Å². The molecule has 3 aromatic rings. The molecule has 2 aliphatic heterocycles. The van der Waals surface area contributed by atoms with Crippen molar-refractivity contribution in [1.29, 1.82) is 0 Å². The second-order valence-corrected chi connectivity index (χ2v) is 18.7. The van der Waals surface area contributed by atoms with Crippen molar-refractivity contribution in [3.05, 3.63) is 53.9 Å². The fraction of sp³-hybridized carbons (Fsp3) is 0.561. The number of allylic oxidation sites excluding steroid dienone is 1. The Morgan fingerprint density at radius 3 is 2.55 bits per heavy atom. The Balaban J connectivity index is 1.23. The highest BCUT2D eigenvalue weighted by molar-refractivity contribution is 7.91. The van der Waals surface area contributed by atoms with Crippen LogP contribution in [0, 0.1) is 12.8 Å². The van der Waals surface area contributed by atoms with E-state index in [0.29, 0.717) is 60.4 Å². The summed E-state index contributed by atoms with van der Waals surface area (Å²) in [6.45, 7) is 7.22. The molecule has 1 aromatic carbocycles. The van der Waals surface area contributed by atoms with E-state index in [1.165, 1.54) is 9.58 Å². The predicted molar refractivity (Wildman–Crippen MR) is 214 cm³/mol. The third-order valence-electron chi connectivity index (χ3n) is 11.7. The van der Waals surface area contributed by atoms with Gasteiger partial charge in [-0.15, -0.1) is 0 Å². The summed E-state index contributed by atoms with van der Waals surface area (Å²) in [6, 6.07) is 4.76. The number of aryl methyl sites for hydroxylation is 2. The predicted octanol–water partition coefficient (Wildman–Crippen LogP) is 3.61. The van der Waals surface area contributed by atoms with Gasteiger partial charge >= 0.3 is 0 Å². The van der Waals surface area contributed by atoms with Crippen LogP contribution >= 0.6 is 0 Å². The number of carbonyl (C=O) groups is 4. The Hall–Kier alpha value is -5.19. The lowest BCUT2D eigenvalue weighted by Gasteiger charge is -2.30. The number of fused-ring (bicyclic) bond motifs is 3. The number of sulfonamides is 1. The largest absolute Gasteiger partial charge is 0.496 e. The Labute approximate surface area is 338 Å². The van der Waals surface area contributed by atoms with Crippen LogP contribution in [0.2, 0.25) is 0 Å². The summed E-state index contributed by atoms with van der Waals surface area (Å²) in [5, 5.41) is 10.7. The fourth-order valence-electron chi connectivity index (χ4n) is 7.87. The minimum Gasteiger partial charge on any atom is -0.496 e. The molecule has 4 heterocycles. The maximum absolute atomic E-state index is 14.7. The highest BCUT2D eigenvalue weighted by Crippen LogP contribution is 2.47. The number of nitrogens with zero attached hydrogens (tertiary/aromatic N) is 4. The molecule has 17 heteroatoms. The van der Waals surface area contributed by atoms with E-state index in [1.54, 1.807) is 39.4 Å². The van der Waals surface area contributed by atoms with Crippen molar-refractivity contribution in [3.63, 3.8) is 0 Å². The average Bonchev–Trinajstić information content (AvgIpc) is 3.97. The van der Waals surface area contributed by atoms with Gasteiger partial charge in [0.15, 0.2) is 0 Å². The molecular weight excluding hydrogens is 767 g/mol. The van der Waals surface area contributed by atoms with Crippen molar-refractivity contribution in [2.45, 2.75) is 120 Å². The van der Waals surface area contributed by atoms with E-state index in [4.69, 9.17) is 19.2 Å². The number of pyridine rings is 1. The molecule has 4 aliphatic rings. The maximum atomic E-state index is 14.7. The lowest BCUT2D eigenvalue weighted by Crippen LogP contribution is -2.58. The number of rotatable bonds is 10. The molecule has 0 radical (unpaired) electrons. The number of aromatic nitrogens is 3. The molecule has 0 unspecified atom stereocenters. The molecule has 312 valence electrons. The lowest BCUT2D eigenvalue weighted by atomic mass is 10.0. The van der Waals surface area contributed by atoms with Gasteiger partial charge in [0.25, 0.3) is 11.8 Å². The molecule has 3 N–H and O–H groups in total. The zero-order valence-corrected chi connectivity index (χ0v) is 34.7. The van der Waals surface area contributed by atoms with Gasteiger partial charge in [-0.05, 0) is 84.4 Å². The summed E-state index contributed by atoms with van der Waals surface area (Å²) in [7, 11) is -0.740. The van der Waals surface area contributed by atoms with E-state index in [1.807, 2.05) is 45.1 Å². The first kappa shape index (κ1) is 41.0. The third kappa shape index (κ3) is 8.22. The molecular formula is C41H53N7O9S. The molecule has 1 saturated heterocycles. The Morgan fingerprint density at radius 1 is 1.09 bits per heavy atom. The Morgan fingerprint density at radius 2 is 1.86 bits per heavy atom. The second-order valence-electron chi connectivity index (χ2n) is 16.5. The number of hydrogen-bond acceptors (Lipinski definition) is 11. The second kappa shape index (κ2) is 15.9. The molecule has 4 amide bonds. The normalized spacial score (nSPS) is 25.8. The van der Waals surface area contributed by atoms with E-state index in [2.05, 4.69) is 20.5 Å². The summed E-state index contributed by atoms with van der Waals surface area (Å²) in [6.07, 6.45) is 8.79. The van der Waals surface area contributed by atoms with Gasteiger partial charge in [-0.3, -0.25) is 28.6 Å². The molecule has 0 spiro atoms. The van der Waals surface area contributed by atoms with Crippen molar-refractivity contribution < 1.29 is 41.8 Å². The van der Waals surface area contributed by atoms with E-state index < -0.39 is 68.0 Å². The molecule has 0 bridgehead atoms. The summed E-state index contributed by atoms with van der Waals surface area (Å²) in [5.41, 5.74) is -0.0181. The average molecular weight is 820 g/mol. The van der Waals surface area contributed by atoms with Gasteiger partial charge in [0, 0.05) is 42.6 Å². The van der Waals surface area contributed by atoms with E-state index in [9.17, 15) is 27.6 Å². The van der Waals surface area contributed by atoms with Gasteiger partial charge in [-0.1, -0.05) is 25.0 Å². The van der Waals surface area contributed by atoms with Crippen LogP contribution in [0.1, 0.15) is 94.6 Å². The highest BCUT2D eigenvalue weighted by atomic mass is 32.2. The number of methoxy groups -OCH3 is 1. The van der Waals surface area contributed by atoms with Crippen LogP contribution in [0.5, 0.6) is 17.4 Å². The Kier molecular flexibility index (Phi) is 11.2. The van der Waals surface area contributed by atoms with Gasteiger partial charge < -0.3 is 29.7 Å². The van der Waals surface area contributed by atoms with Crippen LogP contribution in [0.15, 0.2) is 42.6 Å². The first-order valence-corrected chi connectivity index (χ1v) is 21.5. The van der Waals surface area contributed by atoms with E-state index in [-0.39, 0.29) is 31.2 Å². The van der Waals surface area contributed by atoms with Crippen molar-refractivity contribution in [2.75, 3.05) is 13.7 Å². The summed E-state index contributed by atoms with van der Waals surface area (Å²) >= 11 is 0. The van der Waals surface area contributed by atoms with Crippen LogP contribution in [0.25, 0.3) is 10.9 Å². The molecule has 2 aromatic heterocycles. The van der Waals surface area contributed by atoms with Crippen LogP contribution in [-0.4, -0.2) is 99.9 Å². The van der Waals surface area contributed by atoms with Crippen molar-refractivity contribution in [2.24, 2.45) is 13.0 Å². The lowest BCUT2D eigenvalue weighted by molar-refractivity contribution is -0.141. The van der Waals surface area contributed by atoms with Crippen LogP contribution in [-0.2, 0) is 31.5 Å². The molecule has 7 rings (SSSR count). The third-order valence-corrected chi connectivity index (χ3v) is 13.9. The summed E-state index contributed by atoms with van der Waals surface area (Å²) < 4.78 is 47.4. The van der Waals surface area contributed by atoms with Crippen molar-refractivity contribution in [1.82, 2.24) is 35.0 Å². The quantitative estimate of drug-likeness (QED) is 0.253. The van der Waals surface area contributed by atoms with Gasteiger partial charge in [-0.25, -0.2) is 13.4 Å². The van der Waals surface area contributed by atoms with Crippen LogP contribution in [0.3, 0.4) is 0 Å². The number of carbonyl (C=O) groups excluding carboxylic acids is 4. The topological polar surface area (TPSA) is 200 Å². The molecule has 16 nitrogen and oxygen atoms in total. The van der Waals surface area contributed by atoms with Gasteiger partial charge in [0.1, 0.15) is 40.9 Å². The molecule has 2 aliphatic carbocycles. The summed E-state index contributed by atoms with van der Waals surface area (Å²) in [5.74, 6) is -1.51. The zero-order valence-electron chi connectivity index (χ0n) is 33.9. The number of ether oxygens (including phenoxy) is 3. The van der Waals surface area contributed by atoms with E-state index >= 15 is 0 Å². The van der Waals surface area contributed by atoms with Gasteiger partial charge in [0.2, 0.25) is 27.7 Å². The summed E-state index contributed by atoms with van der Waals surface area (Å²) in [4.78, 5) is 62.8. The standard InChI is InChI=1S/C41H53N7O9S/c1-24(2)56-34-21-33(28-14-15-32(55-6)25(3)35(28)43-34)57-27-20-31-37(50)44-41(39(52)46-58(53,54)40(4)17-18-40)22-26(41)12-10-8-7-9-11-13-30(38(51)48(31)23-27)42-36(49)29-16-19-47(5)45-29/h10,12,14-16,19,21,24,26-27,30-31H,7-9,11,13,17-18,20,22-23H2,1-6H3,(H,42,49)(H,44,50)(H,46,52)/t26-,27-,30+,31+,41-/m1/s1. The Bertz CT molecular complexity index is 2250. The van der Waals surface area contributed by atoms with Gasteiger partial charge in [-0.2, -0.15) is 5.10 Å². The van der Waals surface area contributed by atoms with E-state index in [0.717, 1.165) is 18.4 Å². The van der Waals surface area contributed by atoms with Gasteiger partial charge in [0.05, 0.1) is 30.0 Å². The van der Waals surface area contributed by atoms with Crippen LogP contribution in [0.4, 0.5) is 0 Å². The first-order chi connectivity index (χ1) is 27.5. The molecule has 3 fully saturated rings.